The standard InChI is InChI=1S/C18H21NO4S/c1-13-7-9-14(10-8-13)24(22,23)19-16-6-4-3-5-15(16)17(21)11-18(19,2)12-20/h3-10,17,20-21H,11-12H2,1-2H3/t17-,18+/m0/s1. The molecule has 0 unspecified atom stereocenters. The van der Waals surface area contributed by atoms with E-state index < -0.39 is 21.7 Å². The zero-order chi connectivity index (χ0) is 17.5. The molecule has 2 atom stereocenters. The monoisotopic (exact) mass is 347 g/mol. The molecular formula is C18H21NO4S. The second kappa shape index (κ2) is 5.88. The van der Waals surface area contributed by atoms with Crippen molar-refractivity contribution < 1.29 is 18.6 Å². The van der Waals surface area contributed by atoms with Crippen molar-refractivity contribution in [3.63, 3.8) is 0 Å². The summed E-state index contributed by atoms with van der Waals surface area (Å²) < 4.78 is 27.8. The maximum atomic E-state index is 13.3. The molecule has 3 rings (SSSR count). The van der Waals surface area contributed by atoms with Gasteiger partial charge in [0.05, 0.1) is 28.8 Å². The zero-order valence-corrected chi connectivity index (χ0v) is 14.5. The maximum absolute atomic E-state index is 13.3. The van der Waals surface area contributed by atoms with Gasteiger partial charge < -0.3 is 10.2 Å². The van der Waals surface area contributed by atoms with Gasteiger partial charge in [-0.25, -0.2) is 8.42 Å². The third kappa shape index (κ3) is 2.60. The zero-order valence-electron chi connectivity index (χ0n) is 13.7. The molecule has 1 aliphatic rings. The Morgan fingerprint density at radius 3 is 2.42 bits per heavy atom. The number of fused-ring (bicyclic) bond motifs is 1. The van der Waals surface area contributed by atoms with Gasteiger partial charge >= 0.3 is 0 Å². The van der Waals surface area contributed by atoms with Gasteiger partial charge in [-0.1, -0.05) is 35.9 Å². The van der Waals surface area contributed by atoms with Gasteiger partial charge in [0, 0.05) is 12.0 Å². The Labute approximate surface area is 142 Å². The fourth-order valence-corrected chi connectivity index (χ4v) is 5.05. The smallest absolute Gasteiger partial charge is 0.264 e. The summed E-state index contributed by atoms with van der Waals surface area (Å²) in [5.41, 5.74) is 0.818. The molecule has 0 aliphatic carbocycles. The Morgan fingerprint density at radius 2 is 1.79 bits per heavy atom. The van der Waals surface area contributed by atoms with Crippen molar-refractivity contribution in [1.82, 2.24) is 0 Å². The van der Waals surface area contributed by atoms with Crippen molar-refractivity contribution in [1.29, 1.82) is 0 Å². The van der Waals surface area contributed by atoms with E-state index in [0.29, 0.717) is 11.3 Å². The quantitative estimate of drug-likeness (QED) is 0.894. The van der Waals surface area contributed by atoms with Crippen LogP contribution in [-0.2, 0) is 10.0 Å². The lowest BCUT2D eigenvalue weighted by molar-refractivity contribution is 0.100. The molecule has 0 aromatic heterocycles. The minimum Gasteiger partial charge on any atom is -0.394 e. The third-order valence-electron chi connectivity index (χ3n) is 4.54. The lowest BCUT2D eigenvalue weighted by atomic mass is 9.86. The molecule has 0 spiro atoms. The second-order valence-corrected chi connectivity index (χ2v) is 8.30. The van der Waals surface area contributed by atoms with E-state index in [-0.39, 0.29) is 17.9 Å². The first-order valence-corrected chi connectivity index (χ1v) is 9.23. The predicted octanol–water partition coefficient (Wildman–Crippen LogP) is 2.38. The molecular weight excluding hydrogens is 326 g/mol. The molecule has 0 radical (unpaired) electrons. The molecule has 6 heteroatoms. The Hall–Kier alpha value is -1.89. The third-order valence-corrected chi connectivity index (χ3v) is 6.52. The summed E-state index contributed by atoms with van der Waals surface area (Å²) >= 11 is 0. The Bertz CT molecular complexity index is 848. The van der Waals surface area contributed by atoms with Crippen LogP contribution in [0.25, 0.3) is 0 Å². The van der Waals surface area contributed by atoms with E-state index in [1.165, 1.54) is 4.31 Å². The summed E-state index contributed by atoms with van der Waals surface area (Å²) in [6.45, 7) is 3.15. The van der Waals surface area contributed by atoms with E-state index in [2.05, 4.69) is 0 Å². The fourth-order valence-electron chi connectivity index (χ4n) is 3.22. The Balaban J connectivity index is 2.22. The summed E-state index contributed by atoms with van der Waals surface area (Å²) in [5.74, 6) is 0. The molecule has 0 saturated carbocycles. The van der Waals surface area contributed by atoms with Crippen molar-refractivity contribution in [2.45, 2.75) is 36.8 Å². The highest BCUT2D eigenvalue weighted by atomic mass is 32.2. The number of hydrogen-bond donors (Lipinski definition) is 2. The van der Waals surface area contributed by atoms with Gasteiger partial charge in [-0.3, -0.25) is 4.31 Å². The number of anilines is 1. The molecule has 0 bridgehead atoms. The van der Waals surface area contributed by atoms with Crippen molar-refractivity contribution in [3.8, 4) is 0 Å². The van der Waals surface area contributed by atoms with Crippen LogP contribution in [0.4, 0.5) is 5.69 Å². The summed E-state index contributed by atoms with van der Waals surface area (Å²) in [5, 5.41) is 20.3. The van der Waals surface area contributed by atoms with Crippen LogP contribution in [0.3, 0.4) is 0 Å². The summed E-state index contributed by atoms with van der Waals surface area (Å²) in [6, 6.07) is 13.5. The van der Waals surface area contributed by atoms with Crippen molar-refractivity contribution in [2.24, 2.45) is 0 Å². The molecule has 2 N–H and O–H groups in total. The van der Waals surface area contributed by atoms with E-state index in [0.717, 1.165) is 5.56 Å². The lowest BCUT2D eigenvalue weighted by Crippen LogP contribution is -2.56. The first-order chi connectivity index (χ1) is 11.3. The average Bonchev–Trinajstić information content (AvgIpc) is 2.55. The largest absolute Gasteiger partial charge is 0.394 e. The van der Waals surface area contributed by atoms with E-state index in [4.69, 9.17) is 0 Å². The van der Waals surface area contributed by atoms with Crippen LogP contribution in [0.5, 0.6) is 0 Å². The number of benzene rings is 2. The molecule has 1 heterocycles. The summed E-state index contributed by atoms with van der Waals surface area (Å²) in [4.78, 5) is 0.166. The van der Waals surface area contributed by atoms with Crippen LogP contribution < -0.4 is 4.31 Å². The lowest BCUT2D eigenvalue weighted by Gasteiger charge is -2.46. The Morgan fingerprint density at radius 1 is 1.17 bits per heavy atom. The fraction of sp³-hybridized carbons (Fsp3) is 0.333. The van der Waals surface area contributed by atoms with Crippen LogP contribution in [0.1, 0.15) is 30.6 Å². The molecule has 128 valence electrons. The normalized spacial score (nSPS) is 23.8. The molecule has 24 heavy (non-hydrogen) atoms. The maximum Gasteiger partial charge on any atom is 0.264 e. The first-order valence-electron chi connectivity index (χ1n) is 7.79. The van der Waals surface area contributed by atoms with Crippen LogP contribution in [0, 0.1) is 6.92 Å². The second-order valence-electron chi connectivity index (χ2n) is 6.52. The summed E-state index contributed by atoms with van der Waals surface area (Å²) in [7, 11) is -3.87. The van der Waals surface area contributed by atoms with E-state index in [1.807, 2.05) is 6.92 Å². The SMILES string of the molecule is Cc1ccc(S(=O)(=O)N2c3ccccc3[C@@H](O)C[C@]2(C)CO)cc1. The number of sulfonamides is 1. The van der Waals surface area contributed by atoms with Gasteiger partial charge in [-0.05, 0) is 32.0 Å². The number of rotatable bonds is 3. The topological polar surface area (TPSA) is 77.8 Å². The van der Waals surface area contributed by atoms with E-state index >= 15 is 0 Å². The number of aliphatic hydroxyl groups excluding tert-OH is 2. The molecule has 0 saturated heterocycles. The van der Waals surface area contributed by atoms with Gasteiger partial charge in [0.2, 0.25) is 0 Å². The van der Waals surface area contributed by atoms with E-state index in [9.17, 15) is 18.6 Å². The minimum atomic E-state index is -3.87. The highest BCUT2D eigenvalue weighted by Gasteiger charge is 2.46. The van der Waals surface area contributed by atoms with Crippen molar-refractivity contribution in [3.05, 3.63) is 59.7 Å². The molecule has 0 amide bonds. The van der Waals surface area contributed by atoms with E-state index in [1.54, 1.807) is 55.5 Å². The summed E-state index contributed by atoms with van der Waals surface area (Å²) in [6.07, 6.45) is -0.686. The van der Waals surface area contributed by atoms with Crippen LogP contribution in [-0.4, -0.2) is 30.8 Å². The number of para-hydroxylation sites is 1. The Kier molecular flexibility index (Phi) is 4.15. The predicted molar refractivity (Wildman–Crippen MR) is 92.4 cm³/mol. The van der Waals surface area contributed by atoms with Crippen LogP contribution >= 0.6 is 0 Å². The van der Waals surface area contributed by atoms with Crippen LogP contribution in [0.2, 0.25) is 0 Å². The molecule has 1 aliphatic heterocycles. The molecule has 2 aromatic carbocycles. The molecule has 0 fully saturated rings. The van der Waals surface area contributed by atoms with Crippen molar-refractivity contribution in [2.75, 3.05) is 10.9 Å². The van der Waals surface area contributed by atoms with Gasteiger partial charge in [0.1, 0.15) is 0 Å². The van der Waals surface area contributed by atoms with Gasteiger partial charge in [-0.15, -0.1) is 0 Å². The minimum absolute atomic E-state index is 0.131. The van der Waals surface area contributed by atoms with Crippen molar-refractivity contribution >= 4 is 15.7 Å². The number of aliphatic hydroxyl groups is 2. The van der Waals surface area contributed by atoms with Gasteiger partial charge in [-0.2, -0.15) is 0 Å². The highest BCUT2D eigenvalue weighted by molar-refractivity contribution is 7.93. The van der Waals surface area contributed by atoms with Gasteiger partial charge in [0.25, 0.3) is 10.0 Å². The first kappa shape index (κ1) is 17.0. The molecule has 5 nitrogen and oxygen atoms in total. The van der Waals surface area contributed by atoms with Crippen LogP contribution in [0.15, 0.2) is 53.4 Å². The van der Waals surface area contributed by atoms with Gasteiger partial charge in [0.15, 0.2) is 0 Å². The highest BCUT2D eigenvalue weighted by Crippen LogP contribution is 2.45. The average molecular weight is 347 g/mol. The number of aryl methyl sites for hydroxylation is 1. The molecule has 2 aromatic rings. The number of hydrogen-bond acceptors (Lipinski definition) is 4. The number of nitrogens with zero attached hydrogens (tertiary/aromatic N) is 1.